The molecule has 1 aliphatic heterocycles. The van der Waals surface area contributed by atoms with E-state index < -0.39 is 0 Å². The van der Waals surface area contributed by atoms with E-state index in [1.165, 1.54) is 22.7 Å². The molecule has 0 atom stereocenters. The number of thiocarbonyl (C=S) groups is 1. The second-order valence-electron chi connectivity index (χ2n) is 6.64. The van der Waals surface area contributed by atoms with Gasteiger partial charge < -0.3 is 9.47 Å². The van der Waals surface area contributed by atoms with Crippen molar-refractivity contribution in [3.8, 4) is 11.5 Å². The molecule has 1 fully saturated rings. The molecule has 3 aromatic carbocycles. The summed E-state index contributed by atoms with van der Waals surface area (Å²) in [7, 11) is 1.56. The molecule has 0 unspecified atom stereocenters. The number of benzene rings is 3. The first-order valence-electron chi connectivity index (χ1n) is 9.44. The number of hydrogen-bond acceptors (Lipinski definition) is 5. The van der Waals surface area contributed by atoms with E-state index in [1.54, 1.807) is 55.7 Å². The lowest BCUT2D eigenvalue weighted by Crippen LogP contribution is -2.27. The number of rotatable bonds is 6. The summed E-state index contributed by atoms with van der Waals surface area (Å²) in [5.41, 5.74) is 1.94. The quantitative estimate of drug-likeness (QED) is 0.349. The van der Waals surface area contributed by atoms with Gasteiger partial charge in [0, 0.05) is 5.56 Å². The number of hydrogen-bond donors (Lipinski definition) is 0. The minimum absolute atomic E-state index is 0.142. The summed E-state index contributed by atoms with van der Waals surface area (Å²) in [5.74, 6) is 0.703. The molecule has 156 valence electrons. The molecule has 0 spiro atoms. The molecule has 1 saturated heterocycles. The number of thioether (sulfide) groups is 1. The van der Waals surface area contributed by atoms with Gasteiger partial charge in [-0.3, -0.25) is 9.69 Å². The molecule has 0 bridgehead atoms. The second kappa shape index (κ2) is 9.32. The zero-order valence-electron chi connectivity index (χ0n) is 16.6. The molecule has 4 rings (SSSR count). The molecule has 3 aromatic rings. The van der Waals surface area contributed by atoms with Gasteiger partial charge in [-0.2, -0.15) is 0 Å². The van der Waals surface area contributed by atoms with Crippen LogP contribution in [-0.4, -0.2) is 17.3 Å². The molecule has 0 aromatic heterocycles. The monoisotopic (exact) mass is 451 g/mol. The molecule has 1 aliphatic rings. The summed E-state index contributed by atoms with van der Waals surface area (Å²) in [6.07, 6.45) is 1.79. The Hall–Kier alpha value is -3.16. The average molecular weight is 452 g/mol. The third-order valence-electron chi connectivity index (χ3n) is 4.65. The maximum atomic E-state index is 13.7. The maximum Gasteiger partial charge on any atom is 0.270 e. The van der Waals surface area contributed by atoms with Crippen molar-refractivity contribution in [2.24, 2.45) is 0 Å². The molecular formula is C24H18FNO3S2. The van der Waals surface area contributed by atoms with Gasteiger partial charge in [-0.15, -0.1) is 0 Å². The zero-order valence-corrected chi connectivity index (χ0v) is 18.2. The molecule has 4 nitrogen and oxygen atoms in total. The van der Waals surface area contributed by atoms with Crippen molar-refractivity contribution < 1.29 is 18.7 Å². The van der Waals surface area contributed by atoms with Gasteiger partial charge in [0.15, 0.2) is 4.32 Å². The molecule has 0 radical (unpaired) electrons. The number of anilines is 1. The highest BCUT2D eigenvalue weighted by atomic mass is 32.2. The third-order valence-corrected chi connectivity index (χ3v) is 5.95. The van der Waals surface area contributed by atoms with Gasteiger partial charge in [0.1, 0.15) is 23.9 Å². The van der Waals surface area contributed by atoms with Gasteiger partial charge in [-0.25, -0.2) is 4.39 Å². The van der Waals surface area contributed by atoms with Crippen LogP contribution in [0.5, 0.6) is 11.5 Å². The Morgan fingerprint density at radius 2 is 1.74 bits per heavy atom. The van der Waals surface area contributed by atoms with E-state index in [1.807, 2.05) is 24.3 Å². The Kier molecular flexibility index (Phi) is 6.34. The van der Waals surface area contributed by atoms with Crippen LogP contribution in [0.15, 0.2) is 77.7 Å². The van der Waals surface area contributed by atoms with Crippen molar-refractivity contribution in [1.29, 1.82) is 0 Å². The van der Waals surface area contributed by atoms with Crippen molar-refractivity contribution >= 4 is 46.0 Å². The fourth-order valence-corrected chi connectivity index (χ4v) is 4.36. The minimum atomic E-state index is -0.295. The topological polar surface area (TPSA) is 38.8 Å². The summed E-state index contributed by atoms with van der Waals surface area (Å²) >= 11 is 6.68. The Morgan fingerprint density at radius 3 is 2.48 bits per heavy atom. The van der Waals surface area contributed by atoms with E-state index in [-0.39, 0.29) is 18.3 Å². The van der Waals surface area contributed by atoms with E-state index in [2.05, 4.69) is 0 Å². The van der Waals surface area contributed by atoms with Crippen LogP contribution in [-0.2, 0) is 11.4 Å². The number of amides is 1. The van der Waals surface area contributed by atoms with Crippen LogP contribution >= 0.6 is 24.0 Å². The van der Waals surface area contributed by atoms with E-state index in [4.69, 9.17) is 21.7 Å². The molecule has 1 heterocycles. The van der Waals surface area contributed by atoms with Gasteiger partial charge in [-0.1, -0.05) is 66.4 Å². The molecular weight excluding hydrogens is 433 g/mol. The lowest BCUT2D eigenvalue weighted by molar-refractivity contribution is -0.113. The molecule has 7 heteroatoms. The van der Waals surface area contributed by atoms with Gasteiger partial charge in [0.25, 0.3) is 5.91 Å². The number of nitrogens with zero attached hydrogens (tertiary/aromatic N) is 1. The van der Waals surface area contributed by atoms with Crippen molar-refractivity contribution in [1.82, 2.24) is 0 Å². The lowest BCUT2D eigenvalue weighted by Gasteiger charge is -2.17. The highest BCUT2D eigenvalue weighted by Crippen LogP contribution is 2.39. The van der Waals surface area contributed by atoms with Crippen molar-refractivity contribution in [3.63, 3.8) is 0 Å². The molecule has 0 saturated carbocycles. The predicted molar refractivity (Wildman–Crippen MR) is 126 cm³/mol. The number of methoxy groups -OCH3 is 1. The molecule has 31 heavy (non-hydrogen) atoms. The summed E-state index contributed by atoms with van der Waals surface area (Å²) < 4.78 is 25.2. The van der Waals surface area contributed by atoms with Crippen LogP contribution in [0.2, 0.25) is 0 Å². The Bertz CT molecular complexity index is 1160. The lowest BCUT2D eigenvalue weighted by atomic mass is 10.2. The number of carbonyl (C=O) groups excluding carboxylic acids is 1. The highest BCUT2D eigenvalue weighted by Gasteiger charge is 2.34. The van der Waals surface area contributed by atoms with Crippen molar-refractivity contribution in [3.05, 3.63) is 94.6 Å². The first-order chi connectivity index (χ1) is 15.1. The van der Waals surface area contributed by atoms with Gasteiger partial charge >= 0.3 is 0 Å². The maximum absolute atomic E-state index is 13.7. The van der Waals surface area contributed by atoms with Gasteiger partial charge in [0.2, 0.25) is 0 Å². The zero-order chi connectivity index (χ0) is 21.8. The van der Waals surface area contributed by atoms with Crippen LogP contribution < -0.4 is 14.4 Å². The number of ether oxygens (including phenoxy) is 2. The summed E-state index contributed by atoms with van der Waals surface area (Å²) in [5, 5.41) is 0. The average Bonchev–Trinajstić information content (AvgIpc) is 3.06. The van der Waals surface area contributed by atoms with E-state index >= 15 is 0 Å². The third kappa shape index (κ3) is 4.62. The number of para-hydroxylation sites is 2. The fourth-order valence-electron chi connectivity index (χ4n) is 3.08. The largest absolute Gasteiger partial charge is 0.495 e. The van der Waals surface area contributed by atoms with Crippen LogP contribution in [0, 0.1) is 5.82 Å². The summed E-state index contributed by atoms with van der Waals surface area (Å²) in [4.78, 5) is 15.0. The minimum Gasteiger partial charge on any atom is -0.495 e. The van der Waals surface area contributed by atoms with Crippen molar-refractivity contribution in [2.45, 2.75) is 6.61 Å². The summed E-state index contributed by atoms with van der Waals surface area (Å²) in [6.45, 7) is 0.142. The van der Waals surface area contributed by atoms with Crippen LogP contribution in [0.1, 0.15) is 11.1 Å². The van der Waals surface area contributed by atoms with E-state index in [0.717, 1.165) is 5.56 Å². The summed E-state index contributed by atoms with van der Waals surface area (Å²) in [6, 6.07) is 21.0. The standard InChI is InChI=1S/C24H18FNO3S2/c1-28-21-9-5-4-8-20(21)26-23(27)22(31-24(26)30)14-16-10-12-18(13-11-16)29-15-17-6-2-3-7-19(17)25/h2-14H,15H2,1H3/b22-14+. The highest BCUT2D eigenvalue weighted by molar-refractivity contribution is 8.27. The smallest absolute Gasteiger partial charge is 0.270 e. The normalized spacial score (nSPS) is 14.9. The first-order valence-corrected chi connectivity index (χ1v) is 10.7. The Morgan fingerprint density at radius 1 is 1.03 bits per heavy atom. The van der Waals surface area contributed by atoms with Crippen LogP contribution in [0.3, 0.4) is 0 Å². The number of carbonyl (C=O) groups is 1. The van der Waals surface area contributed by atoms with Crippen LogP contribution in [0.4, 0.5) is 10.1 Å². The first kappa shape index (κ1) is 21.1. The predicted octanol–water partition coefficient (Wildman–Crippen LogP) is 5.82. The van der Waals surface area contributed by atoms with Crippen molar-refractivity contribution in [2.75, 3.05) is 12.0 Å². The van der Waals surface area contributed by atoms with E-state index in [9.17, 15) is 9.18 Å². The SMILES string of the molecule is COc1ccccc1N1C(=O)/C(=C\c2ccc(OCc3ccccc3F)cc2)SC1=S. The fraction of sp³-hybridized carbons (Fsp3) is 0.0833. The Balaban J connectivity index is 1.48. The Labute approximate surface area is 189 Å². The number of halogens is 1. The second-order valence-corrected chi connectivity index (χ2v) is 8.31. The molecule has 1 amide bonds. The van der Waals surface area contributed by atoms with Gasteiger partial charge in [-0.05, 0) is 42.0 Å². The van der Waals surface area contributed by atoms with Crippen LogP contribution in [0.25, 0.3) is 6.08 Å². The molecule has 0 N–H and O–H groups in total. The van der Waals surface area contributed by atoms with E-state index in [0.29, 0.717) is 32.0 Å². The van der Waals surface area contributed by atoms with Gasteiger partial charge in [0.05, 0.1) is 17.7 Å². The molecule has 0 aliphatic carbocycles.